The average Bonchev–Trinajstić information content (AvgIpc) is 3.24. The molecule has 1 atom stereocenters. The fraction of sp³-hybridized carbons (Fsp3) is 0.522. The van der Waals surface area contributed by atoms with Crippen molar-refractivity contribution >= 4 is 11.8 Å². The SMILES string of the molecule is Cc1ccn(CC(=O)N2CC3(CN(Cc4ccccc4)CC3C(=O)NC(C)C)C2)n1. The summed E-state index contributed by atoms with van der Waals surface area (Å²) >= 11 is 0. The third kappa shape index (κ3) is 4.26. The zero-order valence-electron chi connectivity index (χ0n) is 18.0. The molecule has 2 amide bonds. The molecule has 1 aromatic carbocycles. The molecule has 7 nitrogen and oxygen atoms in total. The smallest absolute Gasteiger partial charge is 0.244 e. The Morgan fingerprint density at radius 3 is 2.53 bits per heavy atom. The molecule has 1 aromatic heterocycles. The molecule has 2 aromatic rings. The van der Waals surface area contributed by atoms with Gasteiger partial charge in [0.1, 0.15) is 6.54 Å². The van der Waals surface area contributed by atoms with Crippen LogP contribution in [0.2, 0.25) is 0 Å². The second kappa shape index (κ2) is 8.22. The maximum Gasteiger partial charge on any atom is 0.244 e. The number of hydrogen-bond donors (Lipinski definition) is 1. The van der Waals surface area contributed by atoms with Crippen LogP contribution in [0.1, 0.15) is 25.1 Å². The molecule has 1 unspecified atom stereocenters. The summed E-state index contributed by atoms with van der Waals surface area (Å²) in [7, 11) is 0. The van der Waals surface area contributed by atoms with E-state index in [0.29, 0.717) is 13.1 Å². The summed E-state index contributed by atoms with van der Waals surface area (Å²) in [5, 5.41) is 7.41. The fourth-order valence-corrected chi connectivity index (χ4v) is 4.78. The first-order valence-corrected chi connectivity index (χ1v) is 10.7. The molecule has 0 saturated carbocycles. The molecule has 2 saturated heterocycles. The molecule has 1 N–H and O–H groups in total. The lowest BCUT2D eigenvalue weighted by molar-refractivity contribution is -0.150. The maximum atomic E-state index is 13.0. The summed E-state index contributed by atoms with van der Waals surface area (Å²) in [4.78, 5) is 29.9. The highest BCUT2D eigenvalue weighted by molar-refractivity contribution is 5.82. The van der Waals surface area contributed by atoms with E-state index in [4.69, 9.17) is 0 Å². The highest BCUT2D eigenvalue weighted by Crippen LogP contribution is 2.44. The van der Waals surface area contributed by atoms with E-state index in [1.165, 1.54) is 5.56 Å². The number of likely N-dealkylation sites (tertiary alicyclic amines) is 2. The van der Waals surface area contributed by atoms with E-state index in [1.54, 1.807) is 4.68 Å². The van der Waals surface area contributed by atoms with Gasteiger partial charge in [-0.2, -0.15) is 5.10 Å². The number of amides is 2. The molecule has 160 valence electrons. The third-order valence-corrected chi connectivity index (χ3v) is 6.15. The number of aryl methyl sites for hydroxylation is 1. The first kappa shape index (κ1) is 20.6. The summed E-state index contributed by atoms with van der Waals surface area (Å²) < 4.78 is 1.68. The van der Waals surface area contributed by atoms with Crippen LogP contribution in [0.3, 0.4) is 0 Å². The number of nitrogens with zero attached hydrogens (tertiary/aromatic N) is 4. The molecule has 0 radical (unpaired) electrons. The maximum absolute atomic E-state index is 13.0. The molecule has 3 heterocycles. The number of aromatic nitrogens is 2. The van der Waals surface area contributed by atoms with Crippen molar-refractivity contribution in [1.29, 1.82) is 0 Å². The molecule has 2 aliphatic heterocycles. The Kier molecular flexibility index (Phi) is 5.64. The number of carbonyl (C=O) groups is 2. The Bertz CT molecular complexity index is 901. The summed E-state index contributed by atoms with van der Waals surface area (Å²) in [6.07, 6.45) is 1.83. The lowest BCUT2D eigenvalue weighted by Gasteiger charge is -2.50. The lowest BCUT2D eigenvalue weighted by Crippen LogP contribution is -2.64. The van der Waals surface area contributed by atoms with Gasteiger partial charge < -0.3 is 10.2 Å². The van der Waals surface area contributed by atoms with Gasteiger partial charge in [-0.25, -0.2) is 0 Å². The Balaban J connectivity index is 1.43. The van der Waals surface area contributed by atoms with Crippen molar-refractivity contribution in [3.63, 3.8) is 0 Å². The molecular weight excluding hydrogens is 378 g/mol. The zero-order valence-corrected chi connectivity index (χ0v) is 18.0. The molecule has 1 spiro atoms. The average molecular weight is 410 g/mol. The van der Waals surface area contributed by atoms with Crippen LogP contribution in [0.5, 0.6) is 0 Å². The minimum atomic E-state index is -0.163. The summed E-state index contributed by atoms with van der Waals surface area (Å²) in [6.45, 7) is 9.80. The van der Waals surface area contributed by atoms with E-state index < -0.39 is 0 Å². The van der Waals surface area contributed by atoms with E-state index in [1.807, 2.05) is 56.1 Å². The van der Waals surface area contributed by atoms with Gasteiger partial charge >= 0.3 is 0 Å². The van der Waals surface area contributed by atoms with Gasteiger partial charge in [0.15, 0.2) is 0 Å². The Hall–Kier alpha value is -2.67. The van der Waals surface area contributed by atoms with Crippen molar-refractivity contribution in [2.24, 2.45) is 11.3 Å². The van der Waals surface area contributed by atoms with Crippen LogP contribution >= 0.6 is 0 Å². The van der Waals surface area contributed by atoms with Crippen molar-refractivity contribution in [2.45, 2.75) is 39.9 Å². The second-order valence-electron chi connectivity index (χ2n) is 9.14. The third-order valence-electron chi connectivity index (χ3n) is 6.15. The van der Waals surface area contributed by atoms with Crippen LogP contribution in [0.4, 0.5) is 0 Å². The number of benzene rings is 1. The summed E-state index contributed by atoms with van der Waals surface area (Å²) in [6, 6.07) is 12.4. The standard InChI is InChI=1S/C23H31N5O2/c1-17(2)24-22(30)20-12-26(11-19-7-5-4-6-8-19)14-23(20)15-27(16-23)21(29)13-28-10-9-18(3)25-28/h4-10,17,20H,11-16H2,1-3H3,(H,24,30). The van der Waals surface area contributed by atoms with Crippen molar-refractivity contribution in [2.75, 3.05) is 26.2 Å². The van der Waals surface area contributed by atoms with Crippen LogP contribution < -0.4 is 5.32 Å². The quantitative estimate of drug-likeness (QED) is 0.788. The van der Waals surface area contributed by atoms with Gasteiger partial charge in [-0.1, -0.05) is 30.3 Å². The van der Waals surface area contributed by atoms with Gasteiger partial charge in [0.05, 0.1) is 11.6 Å². The molecule has 0 bridgehead atoms. The topological polar surface area (TPSA) is 70.5 Å². The van der Waals surface area contributed by atoms with Crippen molar-refractivity contribution < 1.29 is 9.59 Å². The molecule has 0 aliphatic carbocycles. The minimum absolute atomic E-state index is 0.0632. The van der Waals surface area contributed by atoms with Gasteiger partial charge in [0.25, 0.3) is 0 Å². The predicted octanol–water partition coefficient (Wildman–Crippen LogP) is 1.68. The van der Waals surface area contributed by atoms with E-state index in [-0.39, 0.29) is 35.7 Å². The zero-order chi connectivity index (χ0) is 21.3. The van der Waals surface area contributed by atoms with Gasteiger partial charge in [0, 0.05) is 50.4 Å². The van der Waals surface area contributed by atoms with Gasteiger partial charge in [0.2, 0.25) is 11.8 Å². The molecule has 2 fully saturated rings. The minimum Gasteiger partial charge on any atom is -0.354 e. The molecule has 7 heteroatoms. The number of carbonyl (C=O) groups excluding carboxylic acids is 2. The highest BCUT2D eigenvalue weighted by atomic mass is 16.2. The van der Waals surface area contributed by atoms with Gasteiger partial charge in [-0.3, -0.25) is 19.2 Å². The summed E-state index contributed by atoms with van der Waals surface area (Å²) in [5.74, 6) is 0.0724. The first-order valence-electron chi connectivity index (χ1n) is 10.7. The van der Waals surface area contributed by atoms with Crippen LogP contribution in [-0.2, 0) is 22.7 Å². The molecule has 2 aliphatic rings. The summed E-state index contributed by atoms with van der Waals surface area (Å²) in [5.41, 5.74) is 1.99. The Morgan fingerprint density at radius 1 is 1.17 bits per heavy atom. The van der Waals surface area contributed by atoms with Gasteiger partial charge in [-0.05, 0) is 32.4 Å². The molecular formula is C23H31N5O2. The van der Waals surface area contributed by atoms with Crippen molar-refractivity contribution in [3.8, 4) is 0 Å². The largest absolute Gasteiger partial charge is 0.354 e. The number of hydrogen-bond acceptors (Lipinski definition) is 4. The van der Waals surface area contributed by atoms with E-state index in [9.17, 15) is 9.59 Å². The number of rotatable bonds is 6. The second-order valence-corrected chi connectivity index (χ2v) is 9.14. The first-order chi connectivity index (χ1) is 14.3. The van der Waals surface area contributed by atoms with Crippen LogP contribution in [0.15, 0.2) is 42.6 Å². The normalized spacial score (nSPS) is 20.5. The van der Waals surface area contributed by atoms with E-state index >= 15 is 0 Å². The Labute approximate surface area is 178 Å². The van der Waals surface area contributed by atoms with Crippen LogP contribution in [-0.4, -0.2) is 63.6 Å². The predicted molar refractivity (Wildman–Crippen MR) is 114 cm³/mol. The highest BCUT2D eigenvalue weighted by Gasteiger charge is 2.57. The Morgan fingerprint density at radius 2 is 1.90 bits per heavy atom. The number of nitrogens with one attached hydrogen (secondary N) is 1. The fourth-order valence-electron chi connectivity index (χ4n) is 4.78. The van der Waals surface area contributed by atoms with Crippen molar-refractivity contribution in [3.05, 3.63) is 53.9 Å². The van der Waals surface area contributed by atoms with Crippen LogP contribution in [0.25, 0.3) is 0 Å². The monoisotopic (exact) mass is 409 g/mol. The molecule has 30 heavy (non-hydrogen) atoms. The van der Waals surface area contributed by atoms with E-state index in [0.717, 1.165) is 25.3 Å². The lowest BCUT2D eigenvalue weighted by atomic mass is 9.71. The van der Waals surface area contributed by atoms with E-state index in [2.05, 4.69) is 27.4 Å². The molecule has 4 rings (SSSR count). The van der Waals surface area contributed by atoms with Crippen LogP contribution in [0, 0.1) is 18.3 Å². The van der Waals surface area contributed by atoms with Gasteiger partial charge in [-0.15, -0.1) is 0 Å². The van der Waals surface area contributed by atoms with Crippen molar-refractivity contribution in [1.82, 2.24) is 24.9 Å².